The smallest absolute Gasteiger partial charge is 0.306 e. The van der Waals surface area contributed by atoms with Gasteiger partial charge in [0.1, 0.15) is 13.2 Å². The van der Waals surface area contributed by atoms with E-state index in [1.807, 2.05) is 0 Å². The number of allylic oxidation sites excluding steroid dienone is 8. The third-order valence-electron chi connectivity index (χ3n) is 11.0. The van der Waals surface area contributed by atoms with Gasteiger partial charge >= 0.3 is 17.9 Å². The molecule has 0 fully saturated rings. The molecular weight excluding hydrogens is 745 g/mol. The third-order valence-corrected chi connectivity index (χ3v) is 11.0. The van der Waals surface area contributed by atoms with E-state index in [-0.39, 0.29) is 31.1 Å². The highest BCUT2D eigenvalue weighted by Crippen LogP contribution is 2.15. The van der Waals surface area contributed by atoms with Crippen LogP contribution in [0.2, 0.25) is 0 Å². The highest BCUT2D eigenvalue weighted by Gasteiger charge is 2.19. The molecule has 0 aliphatic heterocycles. The molecule has 0 aliphatic rings. The van der Waals surface area contributed by atoms with Crippen LogP contribution in [0.25, 0.3) is 0 Å². The number of carbonyl (C=O) groups excluding carboxylic acids is 3. The van der Waals surface area contributed by atoms with Gasteiger partial charge in [0.15, 0.2) is 6.10 Å². The lowest BCUT2D eigenvalue weighted by atomic mass is 10.0. The minimum atomic E-state index is -0.777. The highest BCUT2D eigenvalue weighted by atomic mass is 16.6. The maximum atomic E-state index is 12.8. The van der Waals surface area contributed by atoms with Crippen molar-refractivity contribution in [3.8, 4) is 0 Å². The molecule has 0 saturated heterocycles. The van der Waals surface area contributed by atoms with E-state index in [4.69, 9.17) is 14.2 Å². The molecule has 0 saturated carbocycles. The van der Waals surface area contributed by atoms with Gasteiger partial charge in [0.05, 0.1) is 0 Å². The summed E-state index contributed by atoms with van der Waals surface area (Å²) in [6.45, 7) is 6.54. The summed E-state index contributed by atoms with van der Waals surface area (Å²) in [5.74, 6) is -0.896. The minimum absolute atomic E-state index is 0.0801. The molecule has 6 heteroatoms. The Morgan fingerprint density at radius 3 is 1.05 bits per heavy atom. The fraction of sp³-hybridized carbons (Fsp3) is 0.796. The Balaban J connectivity index is 4.33. The Kier molecular flexibility index (Phi) is 46.9. The van der Waals surface area contributed by atoms with Crippen molar-refractivity contribution in [2.75, 3.05) is 13.2 Å². The summed E-state index contributed by atoms with van der Waals surface area (Å²) in [7, 11) is 0. The average Bonchev–Trinajstić information content (AvgIpc) is 3.24. The zero-order valence-corrected chi connectivity index (χ0v) is 39.7. The molecule has 348 valence electrons. The maximum Gasteiger partial charge on any atom is 0.306 e. The predicted octanol–water partition coefficient (Wildman–Crippen LogP) is 16.7. The summed E-state index contributed by atoms with van der Waals surface area (Å²) < 4.78 is 16.8. The van der Waals surface area contributed by atoms with E-state index in [2.05, 4.69) is 69.4 Å². The van der Waals surface area contributed by atoms with E-state index in [0.717, 1.165) is 89.9 Å². The van der Waals surface area contributed by atoms with Gasteiger partial charge in [-0.15, -0.1) is 0 Å². The third kappa shape index (κ3) is 46.4. The number of carbonyl (C=O) groups is 3. The van der Waals surface area contributed by atoms with Crippen LogP contribution in [-0.2, 0) is 28.6 Å². The molecule has 0 N–H and O–H groups in total. The number of hydrogen-bond donors (Lipinski definition) is 0. The topological polar surface area (TPSA) is 78.9 Å². The second-order valence-corrected chi connectivity index (χ2v) is 17.1. The predicted molar refractivity (Wildman–Crippen MR) is 256 cm³/mol. The first-order valence-electron chi connectivity index (χ1n) is 25.6. The zero-order valence-electron chi connectivity index (χ0n) is 39.7. The molecule has 0 spiro atoms. The van der Waals surface area contributed by atoms with Crippen LogP contribution in [0, 0.1) is 0 Å². The van der Waals surface area contributed by atoms with Crippen LogP contribution >= 0.6 is 0 Å². The van der Waals surface area contributed by atoms with Crippen molar-refractivity contribution in [3.05, 3.63) is 48.6 Å². The molecule has 0 bridgehead atoms. The van der Waals surface area contributed by atoms with Gasteiger partial charge in [-0.25, -0.2) is 0 Å². The number of ether oxygens (including phenoxy) is 3. The molecule has 0 aliphatic carbocycles. The first-order chi connectivity index (χ1) is 29.5. The van der Waals surface area contributed by atoms with Gasteiger partial charge < -0.3 is 14.2 Å². The summed E-state index contributed by atoms with van der Waals surface area (Å²) in [6, 6.07) is 0. The summed E-state index contributed by atoms with van der Waals surface area (Å²) in [6.07, 6.45) is 58.1. The second kappa shape index (κ2) is 49.0. The lowest BCUT2D eigenvalue weighted by molar-refractivity contribution is -0.167. The molecule has 0 radical (unpaired) electrons. The van der Waals surface area contributed by atoms with Crippen molar-refractivity contribution < 1.29 is 28.6 Å². The molecule has 0 aromatic carbocycles. The quantitative estimate of drug-likeness (QED) is 0.0263. The highest BCUT2D eigenvalue weighted by molar-refractivity contribution is 5.71. The Morgan fingerprint density at radius 2 is 0.633 bits per heavy atom. The summed E-state index contributed by atoms with van der Waals surface area (Å²) >= 11 is 0. The lowest BCUT2D eigenvalue weighted by Crippen LogP contribution is -2.30. The summed E-state index contributed by atoms with van der Waals surface area (Å²) in [4.78, 5) is 37.9. The van der Waals surface area contributed by atoms with Gasteiger partial charge in [0.2, 0.25) is 0 Å². The minimum Gasteiger partial charge on any atom is -0.462 e. The van der Waals surface area contributed by atoms with Gasteiger partial charge in [-0.05, 0) is 77.0 Å². The SMILES string of the molecule is CCC/C=C\CCCCCCCC(=O)OCC(COC(=O)CCCCCCCC/C=C\C/C=C\C/C=C\CCCCC)OC(=O)CCCCCCCCCCCCCCC. The maximum absolute atomic E-state index is 12.8. The number of unbranched alkanes of at least 4 members (excludes halogenated alkanes) is 27. The van der Waals surface area contributed by atoms with E-state index < -0.39 is 6.10 Å². The summed E-state index contributed by atoms with van der Waals surface area (Å²) in [5, 5.41) is 0. The van der Waals surface area contributed by atoms with Crippen LogP contribution < -0.4 is 0 Å². The van der Waals surface area contributed by atoms with Crippen LogP contribution in [0.3, 0.4) is 0 Å². The number of esters is 3. The fourth-order valence-corrected chi connectivity index (χ4v) is 7.16. The molecule has 1 unspecified atom stereocenters. The summed E-state index contributed by atoms with van der Waals surface area (Å²) in [5.41, 5.74) is 0. The molecule has 0 aromatic rings. The van der Waals surface area contributed by atoms with Crippen LogP contribution in [0.4, 0.5) is 0 Å². The van der Waals surface area contributed by atoms with Crippen molar-refractivity contribution >= 4 is 17.9 Å². The van der Waals surface area contributed by atoms with Crippen LogP contribution in [0.15, 0.2) is 48.6 Å². The van der Waals surface area contributed by atoms with Crippen molar-refractivity contribution in [1.82, 2.24) is 0 Å². The molecule has 6 nitrogen and oxygen atoms in total. The Hall–Kier alpha value is -2.63. The van der Waals surface area contributed by atoms with Gasteiger partial charge in [0.25, 0.3) is 0 Å². The molecule has 0 rings (SSSR count). The number of rotatable bonds is 46. The molecule has 0 amide bonds. The molecule has 0 heterocycles. The first kappa shape index (κ1) is 57.4. The van der Waals surface area contributed by atoms with Crippen molar-refractivity contribution in [1.29, 1.82) is 0 Å². The lowest BCUT2D eigenvalue weighted by Gasteiger charge is -2.18. The van der Waals surface area contributed by atoms with Gasteiger partial charge in [-0.3, -0.25) is 14.4 Å². The van der Waals surface area contributed by atoms with Crippen LogP contribution in [0.5, 0.6) is 0 Å². The van der Waals surface area contributed by atoms with Crippen molar-refractivity contribution in [3.63, 3.8) is 0 Å². The second-order valence-electron chi connectivity index (χ2n) is 17.1. The van der Waals surface area contributed by atoms with E-state index in [9.17, 15) is 14.4 Å². The first-order valence-corrected chi connectivity index (χ1v) is 25.6. The molecule has 1 atom stereocenters. The Labute approximate surface area is 371 Å². The van der Waals surface area contributed by atoms with E-state index in [0.29, 0.717) is 19.3 Å². The van der Waals surface area contributed by atoms with Gasteiger partial charge in [-0.2, -0.15) is 0 Å². The largest absolute Gasteiger partial charge is 0.462 e. The molecular formula is C54H96O6. The van der Waals surface area contributed by atoms with Gasteiger partial charge in [0, 0.05) is 19.3 Å². The fourth-order valence-electron chi connectivity index (χ4n) is 7.16. The van der Waals surface area contributed by atoms with E-state index >= 15 is 0 Å². The molecule has 60 heavy (non-hydrogen) atoms. The van der Waals surface area contributed by atoms with Crippen molar-refractivity contribution in [2.45, 2.75) is 264 Å². The monoisotopic (exact) mass is 841 g/mol. The van der Waals surface area contributed by atoms with E-state index in [1.165, 1.54) is 128 Å². The van der Waals surface area contributed by atoms with Crippen molar-refractivity contribution in [2.24, 2.45) is 0 Å². The Morgan fingerprint density at radius 1 is 0.333 bits per heavy atom. The zero-order chi connectivity index (χ0) is 43.7. The van der Waals surface area contributed by atoms with Crippen LogP contribution in [-0.4, -0.2) is 37.2 Å². The average molecular weight is 841 g/mol. The van der Waals surface area contributed by atoms with E-state index in [1.54, 1.807) is 0 Å². The van der Waals surface area contributed by atoms with Gasteiger partial charge in [-0.1, -0.05) is 211 Å². The normalized spacial score (nSPS) is 12.4. The Bertz CT molecular complexity index is 1060. The van der Waals surface area contributed by atoms with Crippen LogP contribution in [0.1, 0.15) is 258 Å². The molecule has 0 aromatic heterocycles. The number of hydrogen-bond acceptors (Lipinski definition) is 6. The standard InChI is InChI=1S/C54H96O6/c1-4-7-10-13-16-19-22-24-25-26-27-28-29-31-32-35-38-41-44-47-53(56)59-50-51(49-58-52(55)46-43-40-37-34-21-18-15-12-9-6-3)60-54(57)48-45-42-39-36-33-30-23-20-17-14-11-8-5-2/h12,15-16,19,24-25,27-28,51H,4-11,13-14,17-18,20-23,26,29-50H2,1-3H3/b15-12-,19-16-,25-24-,28-27-.